The van der Waals surface area contributed by atoms with Crippen LogP contribution < -0.4 is 0 Å². The van der Waals surface area contributed by atoms with Gasteiger partial charge in [0.15, 0.2) is 0 Å². The molecule has 1 heteroatoms. The molecule has 1 aliphatic carbocycles. The van der Waals surface area contributed by atoms with Gasteiger partial charge in [-0.1, -0.05) is 43.2 Å². The highest BCUT2D eigenvalue weighted by atomic mass is 14.8. The summed E-state index contributed by atoms with van der Waals surface area (Å²) in [5.74, 6) is 0. The molecular weight excluding hydrogens is 170 g/mol. The fourth-order valence-electron chi connectivity index (χ4n) is 2.68. The second kappa shape index (κ2) is 4.14. The van der Waals surface area contributed by atoms with E-state index in [2.05, 4.69) is 35.6 Å². The molecule has 0 N–H and O–H groups in total. The fraction of sp³-hybridized carbons (Fsp3) is 0.538. The summed E-state index contributed by atoms with van der Waals surface area (Å²) < 4.78 is 0. The van der Waals surface area contributed by atoms with Crippen LogP contribution in [0.5, 0.6) is 0 Å². The maximum atomic E-state index is 4.37. The van der Waals surface area contributed by atoms with Crippen molar-refractivity contribution in [2.24, 2.45) is 0 Å². The largest absolute Gasteiger partial charge is 0.664 e. The quantitative estimate of drug-likeness (QED) is 0.689. The highest BCUT2D eigenvalue weighted by molar-refractivity contribution is 5.28. The van der Waals surface area contributed by atoms with Crippen molar-refractivity contribution >= 4 is 0 Å². The predicted octanol–water partition coefficient (Wildman–Crippen LogP) is 3.50. The molecule has 0 heterocycles. The molecule has 1 fully saturated rings. The highest BCUT2D eigenvalue weighted by Gasteiger charge is 2.31. The van der Waals surface area contributed by atoms with E-state index in [9.17, 15) is 0 Å². The number of nitrogens with zero attached hydrogens (tertiary/aromatic N) is 1. The van der Waals surface area contributed by atoms with E-state index in [1.54, 1.807) is 0 Å². The molecule has 0 bridgehead atoms. The molecular formula is C13H18N-. The van der Waals surface area contributed by atoms with Gasteiger partial charge in [-0.15, -0.1) is 6.54 Å². The first-order chi connectivity index (χ1) is 6.87. The third-order valence-electron chi connectivity index (χ3n) is 3.41. The molecule has 0 radical (unpaired) electrons. The Balaban J connectivity index is 2.27. The van der Waals surface area contributed by atoms with Gasteiger partial charge in [0.1, 0.15) is 0 Å². The van der Waals surface area contributed by atoms with Gasteiger partial charge in [-0.2, -0.15) is 7.05 Å². The molecule has 1 saturated carbocycles. The van der Waals surface area contributed by atoms with Crippen molar-refractivity contribution in [1.29, 1.82) is 0 Å². The summed E-state index contributed by atoms with van der Waals surface area (Å²) >= 11 is 0. The van der Waals surface area contributed by atoms with Gasteiger partial charge in [-0.3, -0.25) is 0 Å². The molecule has 0 aromatic heterocycles. The van der Waals surface area contributed by atoms with Crippen LogP contribution in [-0.4, -0.2) is 13.6 Å². The van der Waals surface area contributed by atoms with Crippen molar-refractivity contribution in [2.45, 2.75) is 31.1 Å². The highest BCUT2D eigenvalue weighted by Crippen LogP contribution is 2.41. The van der Waals surface area contributed by atoms with Gasteiger partial charge in [-0.25, -0.2) is 0 Å². The topological polar surface area (TPSA) is 14.1 Å². The van der Waals surface area contributed by atoms with E-state index in [1.165, 1.54) is 31.2 Å². The Kier molecular flexibility index (Phi) is 2.87. The van der Waals surface area contributed by atoms with Crippen LogP contribution in [0.2, 0.25) is 0 Å². The third-order valence-corrected chi connectivity index (χ3v) is 3.41. The predicted molar refractivity (Wildman–Crippen MR) is 60.7 cm³/mol. The molecule has 0 unspecified atom stereocenters. The molecule has 1 aromatic carbocycles. The van der Waals surface area contributed by atoms with Crippen molar-refractivity contribution in [3.8, 4) is 0 Å². The maximum Gasteiger partial charge on any atom is -0.0235 e. The average molecular weight is 188 g/mol. The Hall–Kier alpha value is -0.820. The number of likely N-dealkylation sites (N-methyl/N-ethyl adjacent to an activating group) is 1. The first-order valence-electron chi connectivity index (χ1n) is 5.48. The number of hydrogen-bond donors (Lipinski definition) is 0. The molecule has 0 atom stereocenters. The van der Waals surface area contributed by atoms with Crippen molar-refractivity contribution in [3.63, 3.8) is 0 Å². The lowest BCUT2D eigenvalue weighted by Gasteiger charge is -2.35. The van der Waals surface area contributed by atoms with E-state index in [1.807, 2.05) is 7.05 Å². The zero-order valence-electron chi connectivity index (χ0n) is 8.87. The number of hydrogen-bond acceptors (Lipinski definition) is 0. The second-order valence-corrected chi connectivity index (χ2v) is 4.33. The van der Waals surface area contributed by atoms with Gasteiger partial charge in [0.2, 0.25) is 0 Å². The normalized spacial score (nSPS) is 19.8. The molecule has 0 spiro atoms. The Labute approximate surface area is 86.5 Å². The Morgan fingerprint density at radius 1 is 1.14 bits per heavy atom. The summed E-state index contributed by atoms with van der Waals surface area (Å²) in [6.45, 7) is 0.997. The standard InChI is InChI=1S/C13H18N/c1-14-11-13(9-5-6-10-13)12-7-3-2-4-8-12/h2-4,7-8H,5-6,9-11H2,1H3/q-1. The van der Waals surface area contributed by atoms with Crippen molar-refractivity contribution < 1.29 is 0 Å². The lowest BCUT2D eigenvalue weighted by Crippen LogP contribution is -2.26. The minimum Gasteiger partial charge on any atom is -0.664 e. The minimum absolute atomic E-state index is 0.371. The zero-order valence-corrected chi connectivity index (χ0v) is 8.87. The van der Waals surface area contributed by atoms with Gasteiger partial charge >= 0.3 is 0 Å². The SMILES string of the molecule is C[N-]CC1(c2ccccc2)CCCC1. The molecule has 1 aliphatic rings. The fourth-order valence-corrected chi connectivity index (χ4v) is 2.68. The van der Waals surface area contributed by atoms with E-state index < -0.39 is 0 Å². The first kappa shape index (κ1) is 9.72. The van der Waals surface area contributed by atoms with Crippen molar-refractivity contribution in [2.75, 3.05) is 13.6 Å². The smallest absolute Gasteiger partial charge is 0.0235 e. The number of benzene rings is 1. The van der Waals surface area contributed by atoms with Gasteiger partial charge in [0, 0.05) is 0 Å². The first-order valence-corrected chi connectivity index (χ1v) is 5.48. The summed E-state index contributed by atoms with van der Waals surface area (Å²) in [4.78, 5) is 0. The zero-order chi connectivity index (χ0) is 9.86. The van der Waals surface area contributed by atoms with Crippen molar-refractivity contribution in [3.05, 3.63) is 41.2 Å². The maximum absolute atomic E-state index is 4.37. The summed E-state index contributed by atoms with van der Waals surface area (Å²) in [7, 11) is 1.93. The lowest BCUT2D eigenvalue weighted by molar-refractivity contribution is 0.472. The van der Waals surface area contributed by atoms with Crippen LogP contribution in [0.25, 0.3) is 5.32 Å². The van der Waals surface area contributed by atoms with Crippen LogP contribution >= 0.6 is 0 Å². The van der Waals surface area contributed by atoms with E-state index in [0.29, 0.717) is 5.41 Å². The molecule has 76 valence electrons. The van der Waals surface area contributed by atoms with Crippen molar-refractivity contribution in [1.82, 2.24) is 0 Å². The van der Waals surface area contributed by atoms with Crippen LogP contribution in [0, 0.1) is 0 Å². The van der Waals surface area contributed by atoms with Gasteiger partial charge in [0.05, 0.1) is 0 Å². The Morgan fingerprint density at radius 2 is 1.79 bits per heavy atom. The van der Waals surface area contributed by atoms with Crippen LogP contribution in [0.3, 0.4) is 0 Å². The van der Waals surface area contributed by atoms with Crippen LogP contribution in [0.15, 0.2) is 30.3 Å². The monoisotopic (exact) mass is 188 g/mol. The average Bonchev–Trinajstić information content (AvgIpc) is 2.70. The number of rotatable bonds is 3. The Bertz CT molecular complexity index is 273. The van der Waals surface area contributed by atoms with Crippen LogP contribution in [-0.2, 0) is 5.41 Å². The summed E-state index contributed by atoms with van der Waals surface area (Å²) in [5.41, 5.74) is 1.86. The summed E-state index contributed by atoms with van der Waals surface area (Å²) in [6.07, 6.45) is 5.36. The summed E-state index contributed by atoms with van der Waals surface area (Å²) in [6, 6.07) is 10.9. The molecule has 1 nitrogen and oxygen atoms in total. The molecule has 2 rings (SSSR count). The van der Waals surface area contributed by atoms with E-state index >= 15 is 0 Å². The van der Waals surface area contributed by atoms with Gasteiger partial charge in [0.25, 0.3) is 0 Å². The molecule has 0 aliphatic heterocycles. The molecule has 0 amide bonds. The summed E-state index contributed by atoms with van der Waals surface area (Å²) in [5, 5.41) is 4.37. The van der Waals surface area contributed by atoms with Gasteiger partial charge in [-0.05, 0) is 23.8 Å². The minimum atomic E-state index is 0.371. The van der Waals surface area contributed by atoms with Crippen LogP contribution in [0.1, 0.15) is 31.2 Å². The molecule has 1 aromatic rings. The third kappa shape index (κ3) is 1.69. The second-order valence-electron chi connectivity index (χ2n) is 4.33. The van der Waals surface area contributed by atoms with E-state index in [-0.39, 0.29) is 0 Å². The van der Waals surface area contributed by atoms with Crippen LogP contribution in [0.4, 0.5) is 0 Å². The Morgan fingerprint density at radius 3 is 2.36 bits per heavy atom. The van der Waals surface area contributed by atoms with E-state index in [0.717, 1.165) is 6.54 Å². The van der Waals surface area contributed by atoms with E-state index in [4.69, 9.17) is 0 Å². The molecule has 14 heavy (non-hydrogen) atoms. The van der Waals surface area contributed by atoms with Gasteiger partial charge < -0.3 is 5.32 Å². The lowest BCUT2D eigenvalue weighted by atomic mass is 9.79. The molecule has 0 saturated heterocycles.